The minimum Gasteiger partial charge on any atom is -0.465 e. The molecule has 0 saturated carbocycles. The van der Waals surface area contributed by atoms with Crippen molar-refractivity contribution in [2.45, 2.75) is 0 Å². The van der Waals surface area contributed by atoms with Crippen LogP contribution in [0.1, 0.15) is 5.76 Å². The number of rotatable bonds is 2. The fraction of sp³-hybridized carbons (Fsp3) is 0. The number of amides is 1. The number of halogens is 1. The second kappa shape index (κ2) is 5.44. The van der Waals surface area contributed by atoms with Crippen molar-refractivity contribution >= 4 is 57.6 Å². The van der Waals surface area contributed by atoms with E-state index in [0.717, 1.165) is 0 Å². The van der Waals surface area contributed by atoms with E-state index in [1.807, 2.05) is 0 Å². The van der Waals surface area contributed by atoms with E-state index < -0.39 is 0 Å². The molecule has 3 rings (SSSR count). The Hall–Kier alpha value is -1.56. The first kappa shape index (κ1) is 13.4. The van der Waals surface area contributed by atoms with Crippen LogP contribution < -0.4 is 4.90 Å². The summed E-state index contributed by atoms with van der Waals surface area (Å²) in [6.07, 6.45) is 3.25. The largest absolute Gasteiger partial charge is 0.465 e. The average Bonchev–Trinajstić information content (AvgIpc) is 3.02. The lowest BCUT2D eigenvalue weighted by Gasteiger charge is -2.14. The Morgan fingerprint density at radius 3 is 2.65 bits per heavy atom. The Labute approximate surface area is 130 Å². The minimum atomic E-state index is -0.154. The summed E-state index contributed by atoms with van der Waals surface area (Å²) in [4.78, 5) is 14.4. The molecule has 2 heterocycles. The second-order valence-corrected chi connectivity index (χ2v) is 6.12. The third-order valence-electron chi connectivity index (χ3n) is 2.70. The molecular weight excluding hydrogens is 314 g/mol. The molecule has 1 aliphatic heterocycles. The summed E-state index contributed by atoms with van der Waals surface area (Å²) in [7, 11) is 0. The monoisotopic (exact) mass is 321 g/mol. The summed E-state index contributed by atoms with van der Waals surface area (Å²) in [6.45, 7) is 0. The smallest absolute Gasteiger partial charge is 0.270 e. The van der Waals surface area contributed by atoms with Gasteiger partial charge in [-0.15, -0.1) is 0 Å². The lowest BCUT2D eigenvalue weighted by Crippen LogP contribution is -2.27. The molecule has 0 radical (unpaired) electrons. The Morgan fingerprint density at radius 1 is 1.25 bits per heavy atom. The van der Waals surface area contributed by atoms with Crippen molar-refractivity contribution in [3.63, 3.8) is 0 Å². The highest BCUT2D eigenvalue weighted by Gasteiger charge is 2.33. The molecule has 3 nitrogen and oxygen atoms in total. The van der Waals surface area contributed by atoms with Crippen LogP contribution in [0.2, 0.25) is 5.02 Å². The van der Waals surface area contributed by atoms with Gasteiger partial charge in [0.2, 0.25) is 0 Å². The Kier molecular flexibility index (Phi) is 3.65. The zero-order valence-corrected chi connectivity index (χ0v) is 12.5. The molecule has 1 aromatic heterocycles. The third-order valence-corrected chi connectivity index (χ3v) is 4.25. The topological polar surface area (TPSA) is 33.5 Å². The highest BCUT2D eigenvalue weighted by atomic mass is 35.5. The summed E-state index contributed by atoms with van der Waals surface area (Å²) < 4.78 is 5.71. The summed E-state index contributed by atoms with van der Waals surface area (Å²) in [5.74, 6) is 0.473. The molecule has 0 N–H and O–H groups in total. The molecule has 1 aromatic carbocycles. The van der Waals surface area contributed by atoms with Crippen molar-refractivity contribution in [3.05, 3.63) is 58.3 Å². The van der Waals surface area contributed by atoms with Crippen LogP contribution in [0.15, 0.2) is 52.0 Å². The molecular formula is C14H8ClNO2S2. The van der Waals surface area contributed by atoms with Gasteiger partial charge in [0.15, 0.2) is 4.32 Å². The fourth-order valence-corrected chi connectivity index (χ4v) is 3.19. The van der Waals surface area contributed by atoms with Crippen LogP contribution in [-0.4, -0.2) is 10.2 Å². The standard InChI is InChI=1S/C14H8ClNO2S2/c15-9-3-5-10(6-4-9)16-13(17)12(20-14(16)19)8-11-2-1-7-18-11/h1-8H/b12-8+. The SMILES string of the molecule is O=C1/C(=C\c2ccco2)SC(=S)N1c1ccc(Cl)cc1. The van der Waals surface area contributed by atoms with E-state index >= 15 is 0 Å². The fourth-order valence-electron chi connectivity index (χ4n) is 1.78. The van der Waals surface area contributed by atoms with Gasteiger partial charge in [0.1, 0.15) is 5.76 Å². The summed E-state index contributed by atoms with van der Waals surface area (Å²) in [5.41, 5.74) is 0.708. The quantitative estimate of drug-likeness (QED) is 0.608. The molecule has 1 fully saturated rings. The van der Waals surface area contributed by atoms with Crippen molar-refractivity contribution in [1.82, 2.24) is 0 Å². The molecule has 1 saturated heterocycles. The van der Waals surface area contributed by atoms with Crippen LogP contribution in [0, 0.1) is 0 Å². The number of anilines is 1. The number of thioether (sulfide) groups is 1. The van der Waals surface area contributed by atoms with Gasteiger partial charge in [-0.05, 0) is 36.4 Å². The first-order valence-electron chi connectivity index (χ1n) is 5.72. The molecule has 6 heteroatoms. The number of benzene rings is 1. The predicted octanol–water partition coefficient (Wildman–Crippen LogP) is 4.34. The van der Waals surface area contributed by atoms with E-state index in [9.17, 15) is 4.79 Å². The normalized spacial score (nSPS) is 17.2. The van der Waals surface area contributed by atoms with Crippen molar-refractivity contribution < 1.29 is 9.21 Å². The van der Waals surface area contributed by atoms with E-state index in [0.29, 0.717) is 25.7 Å². The lowest BCUT2D eigenvalue weighted by molar-refractivity contribution is -0.113. The zero-order chi connectivity index (χ0) is 14.1. The van der Waals surface area contributed by atoms with E-state index in [-0.39, 0.29) is 5.91 Å². The summed E-state index contributed by atoms with van der Waals surface area (Å²) in [5, 5.41) is 0.616. The van der Waals surface area contributed by atoms with Gasteiger partial charge in [-0.25, -0.2) is 0 Å². The van der Waals surface area contributed by atoms with Gasteiger partial charge in [0.05, 0.1) is 16.9 Å². The van der Waals surface area contributed by atoms with Gasteiger partial charge in [-0.1, -0.05) is 35.6 Å². The Bertz CT molecular complexity index is 692. The maximum atomic E-state index is 12.4. The van der Waals surface area contributed by atoms with Crippen molar-refractivity contribution in [3.8, 4) is 0 Å². The minimum absolute atomic E-state index is 0.154. The van der Waals surface area contributed by atoms with E-state index in [1.54, 1.807) is 48.7 Å². The maximum Gasteiger partial charge on any atom is 0.270 e. The number of nitrogens with zero attached hydrogens (tertiary/aromatic N) is 1. The summed E-state index contributed by atoms with van der Waals surface area (Å²) in [6, 6.07) is 10.5. The van der Waals surface area contributed by atoms with E-state index in [1.165, 1.54) is 16.7 Å². The van der Waals surface area contributed by atoms with Gasteiger partial charge < -0.3 is 4.42 Å². The Balaban J connectivity index is 1.93. The Morgan fingerprint density at radius 2 is 2.00 bits per heavy atom. The molecule has 100 valence electrons. The number of carbonyl (C=O) groups is 1. The molecule has 0 atom stereocenters. The van der Waals surface area contributed by atoms with Crippen molar-refractivity contribution in [2.24, 2.45) is 0 Å². The predicted molar refractivity (Wildman–Crippen MR) is 85.8 cm³/mol. The molecule has 0 unspecified atom stereocenters. The van der Waals surface area contributed by atoms with Crippen LogP contribution in [0.4, 0.5) is 5.69 Å². The first-order valence-corrected chi connectivity index (χ1v) is 7.32. The van der Waals surface area contributed by atoms with Crippen molar-refractivity contribution in [2.75, 3.05) is 4.90 Å². The second-order valence-electron chi connectivity index (χ2n) is 4.01. The van der Waals surface area contributed by atoms with E-state index in [2.05, 4.69) is 0 Å². The number of thiocarbonyl (C=S) groups is 1. The molecule has 20 heavy (non-hydrogen) atoms. The number of carbonyl (C=O) groups excluding carboxylic acids is 1. The van der Waals surface area contributed by atoms with Gasteiger partial charge >= 0.3 is 0 Å². The number of hydrogen-bond donors (Lipinski definition) is 0. The number of hydrogen-bond acceptors (Lipinski definition) is 4. The van der Waals surface area contributed by atoms with Crippen LogP contribution in [0.3, 0.4) is 0 Å². The molecule has 0 aliphatic carbocycles. The van der Waals surface area contributed by atoms with Gasteiger partial charge in [0, 0.05) is 11.1 Å². The highest BCUT2D eigenvalue weighted by molar-refractivity contribution is 8.27. The van der Waals surface area contributed by atoms with E-state index in [4.69, 9.17) is 28.2 Å². The van der Waals surface area contributed by atoms with Crippen LogP contribution in [-0.2, 0) is 4.79 Å². The third kappa shape index (κ3) is 2.52. The number of furan rings is 1. The van der Waals surface area contributed by atoms with Crippen molar-refractivity contribution in [1.29, 1.82) is 0 Å². The molecule has 1 aliphatic rings. The van der Waals surface area contributed by atoms with Crippen LogP contribution in [0.5, 0.6) is 0 Å². The molecule has 0 spiro atoms. The van der Waals surface area contributed by atoms with Gasteiger partial charge in [0.25, 0.3) is 5.91 Å². The molecule has 0 bridgehead atoms. The maximum absolute atomic E-state index is 12.4. The molecule has 1 amide bonds. The van der Waals surface area contributed by atoms with Crippen LogP contribution in [0.25, 0.3) is 6.08 Å². The van der Waals surface area contributed by atoms with Gasteiger partial charge in [-0.2, -0.15) is 0 Å². The van der Waals surface area contributed by atoms with Crippen LogP contribution >= 0.6 is 35.6 Å². The zero-order valence-electron chi connectivity index (χ0n) is 10.1. The highest BCUT2D eigenvalue weighted by Crippen LogP contribution is 2.36. The van der Waals surface area contributed by atoms with Gasteiger partial charge in [-0.3, -0.25) is 9.69 Å². The summed E-state index contributed by atoms with van der Waals surface area (Å²) >= 11 is 12.4. The first-order chi connectivity index (χ1) is 9.65. The molecule has 2 aromatic rings. The lowest BCUT2D eigenvalue weighted by atomic mass is 10.3. The average molecular weight is 322 g/mol.